The van der Waals surface area contributed by atoms with Gasteiger partial charge in [0, 0.05) is 24.6 Å². The molecule has 0 unspecified atom stereocenters. The lowest BCUT2D eigenvalue weighted by atomic mass is 10.0. The second kappa shape index (κ2) is 10.4. The molecule has 1 aromatic carbocycles. The number of aromatic nitrogens is 1. The van der Waals surface area contributed by atoms with E-state index in [9.17, 15) is 0 Å². The number of ether oxygens (including phenoxy) is 2. The summed E-state index contributed by atoms with van der Waals surface area (Å²) in [5.74, 6) is 0.941. The monoisotopic (exact) mass is 356 g/mol. The van der Waals surface area contributed by atoms with Crippen LogP contribution in [-0.2, 0) is 24.1 Å². The Kier molecular flexibility index (Phi) is 7.89. The number of pyridine rings is 1. The van der Waals surface area contributed by atoms with Crippen LogP contribution in [0.5, 0.6) is 5.88 Å². The Bertz CT molecular complexity index is 709. The fourth-order valence-electron chi connectivity index (χ4n) is 2.64. The number of aliphatic imine (C=N–C) groups is 1. The maximum atomic E-state index is 6.13. The summed E-state index contributed by atoms with van der Waals surface area (Å²) in [6, 6.07) is 10.1. The van der Waals surface area contributed by atoms with Crippen LogP contribution in [0, 0.1) is 0 Å². The largest absolute Gasteiger partial charge is 0.475 e. The fraction of sp³-hybridized carbons (Fsp3) is 0.400. The molecule has 1 aromatic heterocycles. The van der Waals surface area contributed by atoms with E-state index in [1.807, 2.05) is 12.1 Å². The normalized spacial score (nSPS) is 11.4. The highest BCUT2D eigenvalue weighted by Gasteiger charge is 2.08. The van der Waals surface area contributed by atoms with Crippen LogP contribution in [0.2, 0.25) is 0 Å². The van der Waals surface area contributed by atoms with Gasteiger partial charge in [0.15, 0.2) is 5.96 Å². The number of nitrogens with two attached hydrogens (primary N) is 1. The molecule has 26 heavy (non-hydrogen) atoms. The smallest absolute Gasteiger partial charge is 0.218 e. The van der Waals surface area contributed by atoms with Crippen LogP contribution in [0.4, 0.5) is 5.69 Å². The Morgan fingerprint density at radius 3 is 2.42 bits per heavy atom. The molecule has 0 spiro atoms. The number of anilines is 1. The molecule has 6 nitrogen and oxygen atoms in total. The molecular formula is C20H28N4O2. The summed E-state index contributed by atoms with van der Waals surface area (Å²) in [6.45, 7) is 5.61. The fourth-order valence-corrected chi connectivity index (χ4v) is 2.64. The summed E-state index contributed by atoms with van der Waals surface area (Å²) in [6.07, 6.45) is 3.56. The molecule has 2 aromatic rings. The molecular weight excluding hydrogens is 328 g/mol. The van der Waals surface area contributed by atoms with Crippen molar-refractivity contribution in [1.29, 1.82) is 0 Å². The quantitative estimate of drug-likeness (QED) is 0.410. The number of guanidine groups is 1. The Labute approximate surface area is 155 Å². The summed E-state index contributed by atoms with van der Waals surface area (Å²) in [5, 5.41) is 3.27. The topological polar surface area (TPSA) is 81.8 Å². The summed E-state index contributed by atoms with van der Waals surface area (Å²) in [5.41, 5.74) is 10.5. The first-order valence-electron chi connectivity index (χ1n) is 8.92. The van der Waals surface area contributed by atoms with Crippen LogP contribution in [0.1, 0.15) is 30.5 Å². The number of aryl methyl sites for hydroxylation is 2. The van der Waals surface area contributed by atoms with E-state index in [4.69, 9.17) is 15.2 Å². The van der Waals surface area contributed by atoms with Crippen molar-refractivity contribution in [3.63, 3.8) is 0 Å². The van der Waals surface area contributed by atoms with Gasteiger partial charge >= 0.3 is 0 Å². The molecule has 0 atom stereocenters. The van der Waals surface area contributed by atoms with Gasteiger partial charge in [-0.05, 0) is 30.0 Å². The number of rotatable bonds is 9. The molecule has 0 fully saturated rings. The summed E-state index contributed by atoms with van der Waals surface area (Å²) >= 11 is 0. The molecule has 0 saturated heterocycles. The molecule has 0 radical (unpaired) electrons. The average Bonchev–Trinajstić information content (AvgIpc) is 2.67. The number of methoxy groups -OCH3 is 1. The van der Waals surface area contributed by atoms with Crippen molar-refractivity contribution in [1.82, 2.24) is 4.98 Å². The van der Waals surface area contributed by atoms with Gasteiger partial charge in [-0.3, -0.25) is 0 Å². The van der Waals surface area contributed by atoms with Crippen molar-refractivity contribution in [3.8, 4) is 5.88 Å². The van der Waals surface area contributed by atoms with Gasteiger partial charge < -0.3 is 20.5 Å². The van der Waals surface area contributed by atoms with Crippen molar-refractivity contribution in [3.05, 3.63) is 53.2 Å². The summed E-state index contributed by atoms with van der Waals surface area (Å²) in [7, 11) is 1.64. The zero-order chi connectivity index (χ0) is 18.8. The van der Waals surface area contributed by atoms with Gasteiger partial charge in [0.25, 0.3) is 0 Å². The second-order valence-electron chi connectivity index (χ2n) is 5.79. The van der Waals surface area contributed by atoms with E-state index in [1.165, 1.54) is 11.1 Å². The Morgan fingerprint density at radius 2 is 1.77 bits per heavy atom. The van der Waals surface area contributed by atoms with E-state index >= 15 is 0 Å². The molecule has 0 saturated carbocycles. The van der Waals surface area contributed by atoms with Gasteiger partial charge in [-0.2, -0.15) is 0 Å². The minimum absolute atomic E-state index is 0.382. The molecule has 0 amide bonds. The molecule has 0 bridgehead atoms. The zero-order valence-corrected chi connectivity index (χ0v) is 15.8. The molecule has 2 rings (SSSR count). The van der Waals surface area contributed by atoms with Crippen molar-refractivity contribution < 1.29 is 9.47 Å². The SMILES string of the molecule is CCc1cccc(CC)c1NC(N)=NCc1cccnc1OCCOC. The van der Waals surface area contributed by atoms with Gasteiger partial charge in [0.1, 0.15) is 6.61 Å². The minimum Gasteiger partial charge on any atom is -0.475 e. The molecule has 3 N–H and O–H groups in total. The summed E-state index contributed by atoms with van der Waals surface area (Å²) < 4.78 is 10.6. The van der Waals surface area contributed by atoms with Crippen LogP contribution in [0.25, 0.3) is 0 Å². The average molecular weight is 356 g/mol. The Balaban J connectivity index is 2.10. The lowest BCUT2D eigenvalue weighted by Crippen LogP contribution is -2.24. The van der Waals surface area contributed by atoms with E-state index in [0.717, 1.165) is 24.1 Å². The van der Waals surface area contributed by atoms with Gasteiger partial charge in [-0.15, -0.1) is 0 Å². The van der Waals surface area contributed by atoms with E-state index < -0.39 is 0 Å². The molecule has 0 aliphatic carbocycles. The molecule has 0 aliphatic heterocycles. The van der Waals surface area contributed by atoms with Gasteiger partial charge in [-0.1, -0.05) is 38.1 Å². The molecule has 0 aliphatic rings. The third-order valence-corrected chi connectivity index (χ3v) is 4.05. The van der Waals surface area contributed by atoms with Crippen molar-refractivity contribution in [2.75, 3.05) is 25.6 Å². The number of para-hydroxylation sites is 1. The zero-order valence-electron chi connectivity index (χ0n) is 15.8. The lowest BCUT2D eigenvalue weighted by molar-refractivity contribution is 0.143. The molecule has 140 valence electrons. The highest BCUT2D eigenvalue weighted by Crippen LogP contribution is 2.22. The van der Waals surface area contributed by atoms with E-state index in [1.54, 1.807) is 13.3 Å². The maximum Gasteiger partial charge on any atom is 0.218 e. The van der Waals surface area contributed by atoms with Crippen molar-refractivity contribution in [2.24, 2.45) is 10.7 Å². The summed E-state index contributed by atoms with van der Waals surface area (Å²) in [4.78, 5) is 8.72. The van der Waals surface area contributed by atoms with Crippen molar-refractivity contribution >= 4 is 11.6 Å². The van der Waals surface area contributed by atoms with Crippen molar-refractivity contribution in [2.45, 2.75) is 33.2 Å². The Morgan fingerprint density at radius 1 is 1.08 bits per heavy atom. The maximum absolute atomic E-state index is 6.13. The first-order valence-corrected chi connectivity index (χ1v) is 8.92. The van der Waals surface area contributed by atoms with Gasteiger partial charge in [-0.25, -0.2) is 9.98 Å². The van der Waals surface area contributed by atoms with Crippen LogP contribution >= 0.6 is 0 Å². The molecule has 1 heterocycles. The number of nitrogens with one attached hydrogen (secondary N) is 1. The van der Waals surface area contributed by atoms with Crippen LogP contribution in [-0.4, -0.2) is 31.3 Å². The number of benzene rings is 1. The number of hydrogen-bond acceptors (Lipinski definition) is 4. The predicted molar refractivity (Wildman–Crippen MR) is 106 cm³/mol. The second-order valence-corrected chi connectivity index (χ2v) is 5.79. The Hall–Kier alpha value is -2.60. The van der Waals surface area contributed by atoms with Crippen LogP contribution < -0.4 is 15.8 Å². The van der Waals surface area contributed by atoms with Gasteiger partial charge in [0.2, 0.25) is 5.88 Å². The van der Waals surface area contributed by atoms with E-state index in [0.29, 0.717) is 31.6 Å². The lowest BCUT2D eigenvalue weighted by Gasteiger charge is -2.15. The third-order valence-electron chi connectivity index (χ3n) is 4.05. The predicted octanol–water partition coefficient (Wildman–Crippen LogP) is 3.16. The van der Waals surface area contributed by atoms with E-state index in [2.05, 4.69) is 47.3 Å². The van der Waals surface area contributed by atoms with Gasteiger partial charge in [0.05, 0.1) is 13.2 Å². The van der Waals surface area contributed by atoms with Crippen LogP contribution in [0.3, 0.4) is 0 Å². The van der Waals surface area contributed by atoms with Crippen LogP contribution in [0.15, 0.2) is 41.5 Å². The highest BCUT2D eigenvalue weighted by atomic mass is 16.5. The first-order chi connectivity index (χ1) is 12.7. The molecule has 6 heteroatoms. The van der Waals surface area contributed by atoms with E-state index in [-0.39, 0.29) is 0 Å². The minimum atomic E-state index is 0.382. The first kappa shape index (κ1) is 19.7. The standard InChI is InChI=1S/C20H28N4O2/c1-4-15-8-6-9-16(5-2)18(15)24-20(21)23-14-17-10-7-11-22-19(17)26-13-12-25-3/h6-11H,4-5,12-14H2,1-3H3,(H3,21,23,24). The third kappa shape index (κ3) is 5.46. The number of nitrogens with zero attached hydrogens (tertiary/aromatic N) is 2. The highest BCUT2D eigenvalue weighted by molar-refractivity contribution is 5.93. The number of hydrogen-bond donors (Lipinski definition) is 2.